The highest BCUT2D eigenvalue weighted by Gasteiger charge is 2.30. The number of esters is 4. The minimum atomic E-state index is -4.95. The van der Waals surface area contributed by atoms with Gasteiger partial charge in [0.2, 0.25) is 0 Å². The van der Waals surface area contributed by atoms with Crippen molar-refractivity contribution in [2.24, 2.45) is 11.8 Å². The van der Waals surface area contributed by atoms with E-state index in [9.17, 15) is 43.2 Å². The lowest BCUT2D eigenvalue weighted by Crippen LogP contribution is -2.30. The van der Waals surface area contributed by atoms with E-state index in [0.29, 0.717) is 25.7 Å². The molecule has 3 N–H and O–H groups in total. The number of carbonyl (C=O) groups is 4. The normalized spacial score (nSPS) is 14.1. The summed E-state index contributed by atoms with van der Waals surface area (Å²) in [5.41, 5.74) is 0. The summed E-state index contributed by atoms with van der Waals surface area (Å²) in [5, 5.41) is 10.6. The maximum Gasteiger partial charge on any atom is 0.472 e. The number of carbonyl (C=O) groups excluding carboxylic acids is 4. The Bertz CT molecular complexity index is 1790. The molecule has 0 amide bonds. The van der Waals surface area contributed by atoms with Crippen molar-refractivity contribution in [3.63, 3.8) is 0 Å². The Balaban J connectivity index is 5.15. The van der Waals surface area contributed by atoms with E-state index in [2.05, 4.69) is 41.5 Å². The highest BCUT2D eigenvalue weighted by molar-refractivity contribution is 7.47. The first-order chi connectivity index (χ1) is 44.4. The summed E-state index contributed by atoms with van der Waals surface area (Å²) in [7, 11) is -9.90. The molecule has 0 aromatic rings. The Morgan fingerprint density at radius 2 is 0.500 bits per heavy atom. The van der Waals surface area contributed by atoms with Crippen molar-refractivity contribution in [1.82, 2.24) is 0 Å². The van der Waals surface area contributed by atoms with E-state index < -0.39 is 97.5 Å². The van der Waals surface area contributed by atoms with Crippen LogP contribution < -0.4 is 0 Å². The molecule has 0 aliphatic rings. The molecule has 92 heavy (non-hydrogen) atoms. The summed E-state index contributed by atoms with van der Waals surface area (Å²) < 4.78 is 68.2. The smallest absolute Gasteiger partial charge is 0.462 e. The molecule has 0 aliphatic carbocycles. The summed E-state index contributed by atoms with van der Waals surface area (Å²) in [4.78, 5) is 72.4. The van der Waals surface area contributed by atoms with E-state index in [-0.39, 0.29) is 25.7 Å². The summed E-state index contributed by atoms with van der Waals surface area (Å²) in [6.45, 7) is 9.53. The number of aliphatic hydroxyl groups is 1. The molecule has 0 bridgehead atoms. The van der Waals surface area contributed by atoms with Gasteiger partial charge >= 0.3 is 39.5 Å². The second-order valence-electron chi connectivity index (χ2n) is 27.3. The molecule has 0 aliphatic heterocycles. The number of rotatable bonds is 72. The van der Waals surface area contributed by atoms with Crippen LogP contribution >= 0.6 is 15.6 Å². The molecule has 0 fully saturated rings. The van der Waals surface area contributed by atoms with Gasteiger partial charge in [-0.3, -0.25) is 37.3 Å². The fraction of sp³-hybridized carbons (Fsp3) is 0.945. The van der Waals surface area contributed by atoms with Gasteiger partial charge in [0.25, 0.3) is 0 Å². The van der Waals surface area contributed by atoms with Gasteiger partial charge in [-0.2, -0.15) is 0 Å². The molecule has 0 aromatic carbocycles. The van der Waals surface area contributed by atoms with Gasteiger partial charge in [0.05, 0.1) is 26.4 Å². The molecule has 0 aromatic heterocycles. The van der Waals surface area contributed by atoms with E-state index in [1.165, 1.54) is 186 Å². The zero-order valence-corrected chi connectivity index (χ0v) is 61.6. The minimum absolute atomic E-state index is 0.107. The van der Waals surface area contributed by atoms with Crippen LogP contribution in [0.5, 0.6) is 0 Å². The molecular formula is C73H142O17P2. The predicted octanol–water partition coefficient (Wildman–Crippen LogP) is 21.2. The third-order valence-corrected chi connectivity index (χ3v) is 18.9. The van der Waals surface area contributed by atoms with E-state index in [4.69, 9.17) is 37.0 Å². The Labute approximate surface area is 562 Å². The maximum absolute atomic E-state index is 13.0. The number of phosphoric ester groups is 2. The van der Waals surface area contributed by atoms with Gasteiger partial charge in [0, 0.05) is 25.7 Å². The maximum atomic E-state index is 13.0. The number of hydrogen-bond acceptors (Lipinski definition) is 15. The monoisotopic (exact) mass is 1350 g/mol. The van der Waals surface area contributed by atoms with Gasteiger partial charge < -0.3 is 33.8 Å². The molecule has 0 saturated carbocycles. The minimum Gasteiger partial charge on any atom is -0.462 e. The largest absolute Gasteiger partial charge is 0.472 e. The first-order valence-corrected chi connectivity index (χ1v) is 41.0. The van der Waals surface area contributed by atoms with E-state index >= 15 is 0 Å². The van der Waals surface area contributed by atoms with Gasteiger partial charge in [-0.05, 0) is 37.5 Å². The lowest BCUT2D eigenvalue weighted by molar-refractivity contribution is -0.161. The first kappa shape index (κ1) is 90.1. The summed E-state index contributed by atoms with van der Waals surface area (Å²) >= 11 is 0. The summed E-state index contributed by atoms with van der Waals surface area (Å²) in [6, 6.07) is 0. The highest BCUT2D eigenvalue weighted by atomic mass is 31.2. The predicted molar refractivity (Wildman–Crippen MR) is 372 cm³/mol. The third kappa shape index (κ3) is 66.7. The van der Waals surface area contributed by atoms with Crippen molar-refractivity contribution in [3.05, 3.63) is 0 Å². The van der Waals surface area contributed by atoms with Crippen LogP contribution in [0.4, 0.5) is 0 Å². The summed E-state index contributed by atoms with van der Waals surface area (Å²) in [5.74, 6) is -0.545. The van der Waals surface area contributed by atoms with Crippen LogP contribution in [0.15, 0.2) is 0 Å². The number of phosphoric acid groups is 2. The first-order valence-electron chi connectivity index (χ1n) is 38.0. The lowest BCUT2D eigenvalue weighted by Gasteiger charge is -2.21. The van der Waals surface area contributed by atoms with Crippen LogP contribution in [-0.2, 0) is 65.4 Å². The molecule has 0 rings (SSSR count). The van der Waals surface area contributed by atoms with Crippen molar-refractivity contribution in [1.29, 1.82) is 0 Å². The van der Waals surface area contributed by atoms with E-state index in [0.717, 1.165) is 108 Å². The van der Waals surface area contributed by atoms with Crippen molar-refractivity contribution >= 4 is 39.5 Å². The molecule has 0 saturated heterocycles. The van der Waals surface area contributed by atoms with Gasteiger partial charge in [-0.1, -0.05) is 324 Å². The second-order valence-corrected chi connectivity index (χ2v) is 30.2. The van der Waals surface area contributed by atoms with Gasteiger partial charge in [0.15, 0.2) is 12.2 Å². The molecule has 19 heteroatoms. The number of aliphatic hydroxyl groups excluding tert-OH is 1. The average Bonchev–Trinajstić information content (AvgIpc) is 1.49. The molecule has 2 unspecified atom stereocenters. The van der Waals surface area contributed by atoms with Crippen LogP contribution in [-0.4, -0.2) is 96.7 Å². The molecule has 5 atom stereocenters. The molecule has 0 radical (unpaired) electrons. The fourth-order valence-electron chi connectivity index (χ4n) is 11.1. The molecule has 546 valence electrons. The third-order valence-electron chi connectivity index (χ3n) is 17.0. The fourth-order valence-corrected chi connectivity index (χ4v) is 12.7. The van der Waals surface area contributed by atoms with Crippen LogP contribution in [0.3, 0.4) is 0 Å². The Morgan fingerprint density at radius 3 is 0.739 bits per heavy atom. The topological polar surface area (TPSA) is 237 Å². The average molecular weight is 1350 g/mol. The summed E-state index contributed by atoms with van der Waals surface area (Å²) in [6.07, 6.45) is 51.7. The van der Waals surface area contributed by atoms with Gasteiger partial charge in [-0.15, -0.1) is 0 Å². The van der Waals surface area contributed by atoms with Crippen LogP contribution in [0, 0.1) is 11.8 Å². The lowest BCUT2D eigenvalue weighted by atomic mass is 10.0. The number of ether oxygens (including phenoxy) is 4. The Morgan fingerprint density at radius 1 is 0.293 bits per heavy atom. The van der Waals surface area contributed by atoms with Crippen LogP contribution in [0.1, 0.15) is 375 Å². The van der Waals surface area contributed by atoms with E-state index in [1.54, 1.807) is 0 Å². The zero-order chi connectivity index (χ0) is 67.9. The SMILES string of the molecule is CCCCCCCCCCCCCCCCC(=O)O[C@H](COC(=O)CCCCCCC)COP(=O)(O)OC[C@H](O)COP(=O)(O)OC[C@@H](COC(=O)CCCCCCCCCCCCCCC(C)C)OC(=O)CCCCCCCCCCCCCCCCCC(C)C. The van der Waals surface area contributed by atoms with Crippen LogP contribution in [0.2, 0.25) is 0 Å². The van der Waals surface area contributed by atoms with Crippen molar-refractivity contribution in [2.75, 3.05) is 39.6 Å². The molecular weight excluding hydrogens is 1210 g/mol. The standard InChI is InChI=1S/C73H142O17P2/c1-7-9-11-13-14-15-16-17-22-29-34-39-45-51-57-72(77)89-68(61-83-70(75)55-49-41-12-10-8-2)63-87-91(79,80)85-59-67(74)60-86-92(81,82)88-64-69(62-84-71(76)56-50-44-38-33-28-25-24-27-32-37-43-48-54-66(5)6)90-73(78)58-52-46-40-35-30-23-20-18-19-21-26-31-36-42-47-53-65(3)4/h65-69,74H,7-64H2,1-6H3,(H,79,80)(H,81,82)/t67-,68+,69+/m0/s1. The molecule has 17 nitrogen and oxygen atoms in total. The molecule has 0 heterocycles. The number of hydrogen-bond donors (Lipinski definition) is 3. The second kappa shape index (κ2) is 65.0. The quantitative estimate of drug-likeness (QED) is 0.0222. The molecule has 0 spiro atoms. The Hall–Kier alpha value is -1.94. The van der Waals surface area contributed by atoms with Gasteiger partial charge in [-0.25, -0.2) is 9.13 Å². The van der Waals surface area contributed by atoms with E-state index in [1.807, 2.05) is 0 Å². The number of unbranched alkanes of at least 4 members (excludes halogenated alkanes) is 42. The van der Waals surface area contributed by atoms with Crippen molar-refractivity contribution < 1.29 is 80.2 Å². The Kier molecular flexibility index (Phi) is 63.7. The highest BCUT2D eigenvalue weighted by Crippen LogP contribution is 2.45. The van der Waals surface area contributed by atoms with Gasteiger partial charge in [0.1, 0.15) is 19.3 Å². The zero-order valence-electron chi connectivity index (χ0n) is 59.9. The van der Waals surface area contributed by atoms with Crippen molar-refractivity contribution in [2.45, 2.75) is 394 Å². The van der Waals surface area contributed by atoms with Crippen molar-refractivity contribution in [3.8, 4) is 0 Å². The van der Waals surface area contributed by atoms with Crippen LogP contribution in [0.25, 0.3) is 0 Å².